The minimum absolute atomic E-state index is 0.845. The van der Waals surface area contributed by atoms with E-state index in [4.69, 9.17) is 0 Å². The molecule has 0 bridgehead atoms. The van der Waals surface area contributed by atoms with E-state index in [9.17, 15) is 0 Å². The number of aryl methyl sites for hydroxylation is 1. The zero-order chi connectivity index (χ0) is 12.5. The summed E-state index contributed by atoms with van der Waals surface area (Å²) in [5.41, 5.74) is 6.06. The van der Waals surface area contributed by atoms with Gasteiger partial charge >= 0.3 is 0 Å². The second kappa shape index (κ2) is 4.15. The molecule has 3 rings (SSSR count). The monoisotopic (exact) mass is 234 g/mol. The van der Waals surface area contributed by atoms with Crippen molar-refractivity contribution in [1.29, 1.82) is 0 Å². The topological polar surface area (TPSA) is 24.4 Å². The molecule has 2 aromatic carbocycles. The van der Waals surface area contributed by atoms with Gasteiger partial charge in [0, 0.05) is 5.56 Å². The molecule has 1 heterocycles. The maximum atomic E-state index is 4.68. The molecule has 0 aliphatic carbocycles. The molecule has 1 aliphatic rings. The highest BCUT2D eigenvalue weighted by molar-refractivity contribution is 6.17. The molecule has 0 spiro atoms. The van der Waals surface area contributed by atoms with Crippen molar-refractivity contribution in [2.45, 2.75) is 6.92 Å². The summed E-state index contributed by atoms with van der Waals surface area (Å²) in [6.07, 6.45) is 0. The van der Waals surface area contributed by atoms with Crippen molar-refractivity contribution in [2.24, 2.45) is 4.99 Å². The van der Waals surface area contributed by atoms with Crippen molar-refractivity contribution >= 4 is 17.1 Å². The molecule has 0 unspecified atom stereocenters. The predicted molar refractivity (Wildman–Crippen MR) is 76.6 cm³/mol. The Morgan fingerprint density at radius 2 is 1.72 bits per heavy atom. The summed E-state index contributed by atoms with van der Waals surface area (Å²) in [5.74, 6) is 0. The lowest BCUT2D eigenvalue weighted by Gasteiger charge is -2.19. The molecule has 0 saturated heterocycles. The molecule has 0 atom stereocenters. The van der Waals surface area contributed by atoms with Crippen LogP contribution in [0.2, 0.25) is 0 Å². The molecule has 18 heavy (non-hydrogen) atoms. The summed E-state index contributed by atoms with van der Waals surface area (Å²) < 4.78 is 0. The van der Waals surface area contributed by atoms with Gasteiger partial charge in [-0.3, -0.25) is 0 Å². The molecular formula is C16H14N2. The van der Waals surface area contributed by atoms with Crippen LogP contribution in [0.4, 0.5) is 11.4 Å². The van der Waals surface area contributed by atoms with Gasteiger partial charge in [0.1, 0.15) is 0 Å². The van der Waals surface area contributed by atoms with Crippen LogP contribution in [0.25, 0.3) is 0 Å². The average molecular weight is 234 g/mol. The Morgan fingerprint density at radius 1 is 1.00 bits per heavy atom. The second-order valence-corrected chi connectivity index (χ2v) is 4.45. The molecule has 1 aliphatic heterocycles. The van der Waals surface area contributed by atoms with Gasteiger partial charge in [0.25, 0.3) is 0 Å². The Kier molecular flexibility index (Phi) is 2.49. The minimum atomic E-state index is 0.845. The van der Waals surface area contributed by atoms with Crippen LogP contribution in [-0.4, -0.2) is 5.71 Å². The van der Waals surface area contributed by atoms with E-state index in [0.29, 0.717) is 0 Å². The first-order valence-electron chi connectivity index (χ1n) is 5.95. The first-order valence-corrected chi connectivity index (χ1v) is 5.95. The van der Waals surface area contributed by atoms with Crippen LogP contribution in [0.1, 0.15) is 11.1 Å². The Morgan fingerprint density at radius 3 is 2.50 bits per heavy atom. The van der Waals surface area contributed by atoms with E-state index in [1.807, 2.05) is 24.3 Å². The van der Waals surface area contributed by atoms with E-state index >= 15 is 0 Å². The van der Waals surface area contributed by atoms with Crippen LogP contribution in [0.15, 0.2) is 65.8 Å². The Labute approximate surface area is 107 Å². The smallest absolute Gasteiger partial charge is 0.0938 e. The first-order chi connectivity index (χ1) is 8.74. The first kappa shape index (κ1) is 10.8. The van der Waals surface area contributed by atoms with E-state index < -0.39 is 0 Å². The van der Waals surface area contributed by atoms with Crippen LogP contribution in [0.5, 0.6) is 0 Å². The number of nitrogens with one attached hydrogen (secondary N) is 1. The lowest BCUT2D eigenvalue weighted by Crippen LogP contribution is -2.15. The highest BCUT2D eigenvalue weighted by Crippen LogP contribution is 2.31. The molecule has 2 nitrogen and oxygen atoms in total. The van der Waals surface area contributed by atoms with Crippen molar-refractivity contribution in [2.75, 3.05) is 5.32 Å². The summed E-state index contributed by atoms with van der Waals surface area (Å²) in [7, 11) is 0. The number of aliphatic imine (C=N–C) groups is 1. The van der Waals surface area contributed by atoms with Crippen LogP contribution in [0, 0.1) is 6.92 Å². The van der Waals surface area contributed by atoms with Gasteiger partial charge in [-0.15, -0.1) is 0 Å². The van der Waals surface area contributed by atoms with Gasteiger partial charge in [-0.25, -0.2) is 4.99 Å². The normalized spacial score (nSPS) is 13.6. The Hall–Kier alpha value is -2.35. The minimum Gasteiger partial charge on any atom is -0.352 e. The highest BCUT2D eigenvalue weighted by Gasteiger charge is 2.15. The third-order valence-electron chi connectivity index (χ3n) is 3.03. The fourth-order valence-electron chi connectivity index (χ4n) is 2.04. The van der Waals surface area contributed by atoms with Crippen LogP contribution < -0.4 is 5.32 Å². The highest BCUT2D eigenvalue weighted by atomic mass is 15.0. The Bertz CT molecular complexity index is 636. The van der Waals surface area contributed by atoms with E-state index in [1.54, 1.807) is 0 Å². The van der Waals surface area contributed by atoms with Crippen LogP contribution in [-0.2, 0) is 0 Å². The second-order valence-electron chi connectivity index (χ2n) is 4.45. The predicted octanol–water partition coefficient (Wildman–Crippen LogP) is 4.06. The standard InChI is InChI=1S/C16H14N2/c1-11-7-9-13(10-8-11)16-12(2)17-14-5-3-4-6-15(14)18-16/h3-10,17H,2H2,1H3. The van der Waals surface area contributed by atoms with Crippen LogP contribution in [0.3, 0.4) is 0 Å². The summed E-state index contributed by atoms with van der Waals surface area (Å²) in [4.78, 5) is 4.68. The molecular weight excluding hydrogens is 220 g/mol. The molecule has 88 valence electrons. The number of para-hydroxylation sites is 2. The summed E-state index contributed by atoms with van der Waals surface area (Å²) in [6, 6.07) is 16.3. The van der Waals surface area contributed by atoms with Gasteiger partial charge in [0.15, 0.2) is 0 Å². The lowest BCUT2D eigenvalue weighted by atomic mass is 10.0. The Balaban J connectivity index is 2.10. The number of fused-ring (bicyclic) bond motifs is 1. The van der Waals surface area contributed by atoms with Gasteiger partial charge in [-0.05, 0) is 19.1 Å². The number of anilines is 1. The fraction of sp³-hybridized carbons (Fsp3) is 0.0625. The summed E-state index contributed by atoms with van der Waals surface area (Å²) >= 11 is 0. The molecule has 0 saturated carbocycles. The quantitative estimate of drug-likeness (QED) is 0.790. The van der Waals surface area contributed by atoms with E-state index in [-0.39, 0.29) is 0 Å². The van der Waals surface area contributed by atoms with Crippen molar-refractivity contribution in [1.82, 2.24) is 0 Å². The molecule has 2 aromatic rings. The number of nitrogens with zero attached hydrogens (tertiary/aromatic N) is 1. The van der Waals surface area contributed by atoms with Crippen molar-refractivity contribution < 1.29 is 0 Å². The number of benzene rings is 2. The van der Waals surface area contributed by atoms with Crippen LogP contribution >= 0.6 is 0 Å². The number of allylic oxidation sites excluding steroid dienone is 1. The maximum absolute atomic E-state index is 4.68. The SMILES string of the molecule is C=C1Nc2ccccc2N=C1c1ccc(C)cc1. The summed E-state index contributed by atoms with van der Waals surface area (Å²) in [6.45, 7) is 6.13. The van der Waals surface area contributed by atoms with Gasteiger partial charge in [-0.2, -0.15) is 0 Å². The van der Waals surface area contributed by atoms with Crippen molar-refractivity contribution in [3.63, 3.8) is 0 Å². The van der Waals surface area contributed by atoms with Crippen molar-refractivity contribution in [3.05, 3.63) is 71.9 Å². The lowest BCUT2D eigenvalue weighted by molar-refractivity contribution is 1.38. The average Bonchev–Trinajstić information content (AvgIpc) is 2.39. The van der Waals surface area contributed by atoms with Crippen molar-refractivity contribution in [3.8, 4) is 0 Å². The number of hydrogen-bond donors (Lipinski definition) is 1. The fourth-order valence-corrected chi connectivity index (χ4v) is 2.04. The molecule has 2 heteroatoms. The van der Waals surface area contributed by atoms with E-state index in [1.165, 1.54) is 5.56 Å². The van der Waals surface area contributed by atoms with Gasteiger partial charge in [0.2, 0.25) is 0 Å². The third-order valence-corrected chi connectivity index (χ3v) is 3.03. The molecule has 0 aromatic heterocycles. The molecule has 1 N–H and O–H groups in total. The number of hydrogen-bond acceptors (Lipinski definition) is 2. The summed E-state index contributed by atoms with van der Waals surface area (Å²) in [5, 5.41) is 3.30. The zero-order valence-corrected chi connectivity index (χ0v) is 10.3. The van der Waals surface area contributed by atoms with Gasteiger partial charge in [0.05, 0.1) is 22.8 Å². The molecule has 0 radical (unpaired) electrons. The van der Waals surface area contributed by atoms with E-state index in [2.05, 4.69) is 48.1 Å². The zero-order valence-electron chi connectivity index (χ0n) is 10.3. The van der Waals surface area contributed by atoms with Gasteiger partial charge < -0.3 is 5.32 Å². The molecule has 0 amide bonds. The van der Waals surface area contributed by atoms with E-state index in [0.717, 1.165) is 28.3 Å². The largest absolute Gasteiger partial charge is 0.352 e. The third kappa shape index (κ3) is 1.82. The molecule has 0 fully saturated rings. The van der Waals surface area contributed by atoms with Gasteiger partial charge in [-0.1, -0.05) is 48.5 Å². The maximum Gasteiger partial charge on any atom is 0.0938 e. The number of rotatable bonds is 1.